The Labute approximate surface area is 118 Å². The van der Waals surface area contributed by atoms with Crippen LogP contribution in [0.15, 0.2) is 30.3 Å². The van der Waals surface area contributed by atoms with E-state index in [9.17, 15) is 0 Å². The van der Waals surface area contributed by atoms with Gasteiger partial charge in [-0.1, -0.05) is 44.2 Å². The van der Waals surface area contributed by atoms with Crippen molar-refractivity contribution in [3.8, 4) is 0 Å². The van der Waals surface area contributed by atoms with Crippen molar-refractivity contribution in [2.45, 2.75) is 34.1 Å². The molecule has 108 valence electrons. The molecule has 0 bridgehead atoms. The second-order valence-electron chi connectivity index (χ2n) is 4.82. The highest BCUT2D eigenvalue weighted by Gasteiger charge is 2.43. The van der Waals surface area contributed by atoms with E-state index in [1.807, 2.05) is 44.2 Å². The molecule has 0 heterocycles. The molecule has 0 spiro atoms. The van der Waals surface area contributed by atoms with Crippen molar-refractivity contribution in [1.82, 2.24) is 0 Å². The van der Waals surface area contributed by atoms with Crippen LogP contribution in [0, 0.1) is 5.92 Å². The summed E-state index contributed by atoms with van der Waals surface area (Å²) < 4.78 is 18.0. The minimum atomic E-state index is -2.74. The summed E-state index contributed by atoms with van der Waals surface area (Å²) in [5.41, 5.74) is 0. The summed E-state index contributed by atoms with van der Waals surface area (Å²) in [6, 6.07) is 10.1. The van der Waals surface area contributed by atoms with Gasteiger partial charge in [-0.25, -0.2) is 0 Å². The average Bonchev–Trinajstić information content (AvgIpc) is 2.39. The van der Waals surface area contributed by atoms with Gasteiger partial charge in [-0.05, 0) is 26.2 Å². The van der Waals surface area contributed by atoms with Gasteiger partial charge in [0.2, 0.25) is 0 Å². The molecule has 19 heavy (non-hydrogen) atoms. The van der Waals surface area contributed by atoms with Crippen LogP contribution in [0.25, 0.3) is 0 Å². The zero-order valence-corrected chi connectivity index (χ0v) is 13.5. The minimum Gasteiger partial charge on any atom is -0.370 e. The maximum Gasteiger partial charge on any atom is 0.537 e. The summed E-state index contributed by atoms with van der Waals surface area (Å²) in [7, 11) is -2.74. The molecule has 4 heteroatoms. The maximum absolute atomic E-state index is 6.10. The molecule has 0 radical (unpaired) electrons. The number of hydrogen-bond acceptors (Lipinski definition) is 3. The molecule has 0 atom stereocenters. The largest absolute Gasteiger partial charge is 0.537 e. The Morgan fingerprint density at radius 2 is 1.53 bits per heavy atom. The molecule has 1 aromatic carbocycles. The molecule has 0 saturated carbocycles. The van der Waals surface area contributed by atoms with Crippen LogP contribution < -0.4 is 5.19 Å². The Hall–Kier alpha value is -0.683. The second kappa shape index (κ2) is 8.48. The van der Waals surface area contributed by atoms with E-state index >= 15 is 0 Å². The van der Waals surface area contributed by atoms with Crippen LogP contribution in [0.2, 0.25) is 0 Å². The Kier molecular flexibility index (Phi) is 7.31. The maximum atomic E-state index is 6.10. The fraction of sp³-hybridized carbons (Fsp3) is 0.600. The lowest BCUT2D eigenvalue weighted by Gasteiger charge is -2.29. The Morgan fingerprint density at radius 1 is 0.947 bits per heavy atom. The van der Waals surface area contributed by atoms with Gasteiger partial charge in [-0.3, -0.25) is 0 Å². The summed E-state index contributed by atoms with van der Waals surface area (Å²) in [4.78, 5) is 0. The first-order chi connectivity index (χ1) is 9.14. The molecule has 0 aliphatic heterocycles. The lowest BCUT2D eigenvalue weighted by atomic mass is 10.2. The van der Waals surface area contributed by atoms with Gasteiger partial charge in [-0.2, -0.15) is 0 Å². The first-order valence-corrected chi connectivity index (χ1v) is 8.84. The molecule has 3 nitrogen and oxygen atoms in total. The molecule has 0 unspecified atom stereocenters. The average molecular weight is 282 g/mol. The summed E-state index contributed by atoms with van der Waals surface area (Å²) in [5.74, 6) is 0.616. The predicted molar refractivity (Wildman–Crippen MR) is 80.5 cm³/mol. The number of benzene rings is 1. The Balaban J connectivity index is 2.86. The molecular weight excluding hydrogens is 256 g/mol. The van der Waals surface area contributed by atoms with Gasteiger partial charge < -0.3 is 13.3 Å². The Bertz CT molecular complexity index is 335. The van der Waals surface area contributed by atoms with Crippen molar-refractivity contribution in [3.63, 3.8) is 0 Å². The van der Waals surface area contributed by atoms with Crippen LogP contribution in [0.4, 0.5) is 0 Å². The van der Waals surface area contributed by atoms with Gasteiger partial charge in [0.1, 0.15) is 0 Å². The molecule has 0 aliphatic carbocycles. The van der Waals surface area contributed by atoms with E-state index < -0.39 is 8.80 Å². The van der Waals surface area contributed by atoms with E-state index in [4.69, 9.17) is 13.3 Å². The van der Waals surface area contributed by atoms with Crippen molar-refractivity contribution in [2.24, 2.45) is 5.92 Å². The normalized spacial score (nSPS) is 12.1. The van der Waals surface area contributed by atoms with Gasteiger partial charge in [0.05, 0.1) is 0 Å². The SMILES string of the molecule is CCO[Si](OCC)(OCCC(C)C)c1ccccc1. The van der Waals surface area contributed by atoms with E-state index in [1.54, 1.807) is 0 Å². The fourth-order valence-corrected chi connectivity index (χ4v) is 4.32. The van der Waals surface area contributed by atoms with Gasteiger partial charge in [0, 0.05) is 25.0 Å². The lowest BCUT2D eigenvalue weighted by molar-refractivity contribution is 0.0777. The van der Waals surface area contributed by atoms with E-state index in [2.05, 4.69) is 13.8 Å². The van der Waals surface area contributed by atoms with Crippen LogP contribution in [0.3, 0.4) is 0 Å². The predicted octanol–water partition coefficient (Wildman–Crippen LogP) is 2.97. The van der Waals surface area contributed by atoms with E-state index in [1.165, 1.54) is 0 Å². The summed E-state index contributed by atoms with van der Waals surface area (Å²) in [6.45, 7) is 10.2. The Morgan fingerprint density at radius 3 is 2.00 bits per heavy atom. The quantitative estimate of drug-likeness (QED) is 0.652. The molecule has 0 amide bonds. The topological polar surface area (TPSA) is 27.7 Å². The third kappa shape index (κ3) is 5.07. The standard InChI is InChI=1S/C15H26O3Si/c1-5-16-19(17-6-2,18-13-12-14(3)4)15-10-8-7-9-11-15/h7-11,14H,5-6,12-13H2,1-4H3. The van der Waals surface area contributed by atoms with Crippen LogP contribution in [-0.4, -0.2) is 28.6 Å². The molecular formula is C15H26O3Si. The van der Waals surface area contributed by atoms with E-state index in [0.29, 0.717) is 25.7 Å². The minimum absolute atomic E-state index is 0.600. The third-order valence-electron chi connectivity index (χ3n) is 2.78. The monoisotopic (exact) mass is 282 g/mol. The fourth-order valence-electron chi connectivity index (χ4n) is 1.83. The molecule has 0 aliphatic rings. The first kappa shape index (κ1) is 16.4. The molecule has 0 aromatic heterocycles. The summed E-state index contributed by atoms with van der Waals surface area (Å²) in [5, 5.41) is 1.04. The van der Waals surface area contributed by atoms with Gasteiger partial charge in [0.15, 0.2) is 0 Å². The zero-order chi connectivity index (χ0) is 14.1. The molecule has 0 N–H and O–H groups in total. The van der Waals surface area contributed by atoms with Crippen molar-refractivity contribution < 1.29 is 13.3 Å². The highest BCUT2D eigenvalue weighted by atomic mass is 28.4. The van der Waals surface area contributed by atoms with Crippen LogP contribution in [0.1, 0.15) is 34.1 Å². The van der Waals surface area contributed by atoms with Crippen LogP contribution in [-0.2, 0) is 13.3 Å². The van der Waals surface area contributed by atoms with Crippen molar-refractivity contribution in [2.75, 3.05) is 19.8 Å². The van der Waals surface area contributed by atoms with Crippen molar-refractivity contribution >= 4 is 14.0 Å². The van der Waals surface area contributed by atoms with Crippen molar-refractivity contribution in [1.29, 1.82) is 0 Å². The third-order valence-corrected chi connectivity index (χ3v) is 5.75. The van der Waals surface area contributed by atoms with E-state index in [-0.39, 0.29) is 0 Å². The van der Waals surface area contributed by atoms with Gasteiger partial charge in [0.25, 0.3) is 0 Å². The van der Waals surface area contributed by atoms with Crippen LogP contribution in [0.5, 0.6) is 0 Å². The zero-order valence-electron chi connectivity index (χ0n) is 12.5. The van der Waals surface area contributed by atoms with E-state index in [0.717, 1.165) is 11.6 Å². The van der Waals surface area contributed by atoms with Gasteiger partial charge in [-0.15, -0.1) is 0 Å². The number of hydrogen-bond donors (Lipinski definition) is 0. The highest BCUT2D eigenvalue weighted by molar-refractivity contribution is 6.75. The first-order valence-electron chi connectivity index (χ1n) is 7.12. The summed E-state index contributed by atoms with van der Waals surface area (Å²) >= 11 is 0. The molecule has 0 saturated heterocycles. The lowest BCUT2D eigenvalue weighted by Crippen LogP contribution is -2.57. The van der Waals surface area contributed by atoms with Crippen molar-refractivity contribution in [3.05, 3.63) is 30.3 Å². The molecule has 1 aromatic rings. The number of rotatable bonds is 9. The molecule has 0 fully saturated rings. The second-order valence-corrected chi connectivity index (χ2v) is 7.37. The highest BCUT2D eigenvalue weighted by Crippen LogP contribution is 2.13. The molecule has 1 rings (SSSR count). The van der Waals surface area contributed by atoms with Crippen LogP contribution >= 0.6 is 0 Å². The van der Waals surface area contributed by atoms with Gasteiger partial charge >= 0.3 is 8.80 Å². The smallest absolute Gasteiger partial charge is 0.370 e. The summed E-state index contributed by atoms with van der Waals surface area (Å²) in [6.07, 6.45) is 1.02.